The summed E-state index contributed by atoms with van der Waals surface area (Å²) in [6.45, 7) is 1.91. The number of carbonyl (C=O) groups excluding carboxylic acids is 1. The predicted molar refractivity (Wildman–Crippen MR) is 90.0 cm³/mol. The van der Waals surface area contributed by atoms with Gasteiger partial charge in [-0.1, -0.05) is 18.9 Å². The second-order valence-corrected chi connectivity index (χ2v) is 8.11. The predicted octanol–water partition coefficient (Wildman–Crippen LogP) is 2.36. The number of rotatable bonds is 3. The molecule has 7 heteroatoms. The van der Waals surface area contributed by atoms with Crippen molar-refractivity contribution in [2.24, 2.45) is 11.7 Å². The highest BCUT2D eigenvalue weighted by Gasteiger charge is 2.37. The van der Waals surface area contributed by atoms with Gasteiger partial charge in [0.1, 0.15) is 0 Å². The van der Waals surface area contributed by atoms with Gasteiger partial charge in [-0.25, -0.2) is 8.42 Å². The molecule has 0 spiro atoms. The van der Waals surface area contributed by atoms with Crippen molar-refractivity contribution in [3.63, 3.8) is 0 Å². The van der Waals surface area contributed by atoms with Crippen LogP contribution in [-0.2, 0) is 14.6 Å². The Morgan fingerprint density at radius 2 is 2.05 bits per heavy atom. The number of hydrogen-bond acceptors (Lipinski definition) is 4. The minimum absolute atomic E-state index is 0. The van der Waals surface area contributed by atoms with E-state index in [2.05, 4.69) is 5.32 Å². The molecule has 2 atom stereocenters. The zero-order chi connectivity index (χ0) is 15.7. The van der Waals surface area contributed by atoms with Crippen LogP contribution in [0.1, 0.15) is 32.6 Å². The maximum absolute atomic E-state index is 12.4. The monoisotopic (exact) mass is 346 g/mol. The fourth-order valence-electron chi connectivity index (χ4n) is 2.82. The Morgan fingerprint density at radius 1 is 1.36 bits per heavy atom. The van der Waals surface area contributed by atoms with Gasteiger partial charge in [-0.15, -0.1) is 12.4 Å². The molecule has 1 aromatic carbocycles. The Labute approximate surface area is 138 Å². The molecule has 1 aromatic rings. The van der Waals surface area contributed by atoms with Gasteiger partial charge in [0.05, 0.1) is 10.8 Å². The quantitative estimate of drug-likeness (QED) is 0.879. The fraction of sp³-hybridized carbons (Fsp3) is 0.533. The lowest BCUT2D eigenvalue weighted by Gasteiger charge is -2.37. The van der Waals surface area contributed by atoms with Crippen LogP contribution in [0.15, 0.2) is 29.2 Å². The van der Waals surface area contributed by atoms with Crippen LogP contribution in [0.4, 0.5) is 5.69 Å². The summed E-state index contributed by atoms with van der Waals surface area (Å²) in [6, 6.07) is 6.29. The maximum Gasteiger partial charge on any atom is 0.229 e. The Kier molecular flexibility index (Phi) is 6.01. The second-order valence-electron chi connectivity index (χ2n) is 6.09. The number of carbonyl (C=O) groups is 1. The third-order valence-corrected chi connectivity index (χ3v) is 5.21. The van der Waals surface area contributed by atoms with E-state index in [1.165, 1.54) is 12.1 Å². The van der Waals surface area contributed by atoms with Crippen LogP contribution >= 0.6 is 12.4 Å². The highest BCUT2D eigenvalue weighted by molar-refractivity contribution is 7.90. The zero-order valence-corrected chi connectivity index (χ0v) is 14.5. The van der Waals surface area contributed by atoms with Crippen LogP contribution in [0.25, 0.3) is 0 Å². The summed E-state index contributed by atoms with van der Waals surface area (Å²) in [7, 11) is -3.28. The van der Waals surface area contributed by atoms with Gasteiger partial charge in [-0.05, 0) is 38.0 Å². The van der Waals surface area contributed by atoms with Crippen LogP contribution < -0.4 is 11.1 Å². The number of benzene rings is 1. The lowest BCUT2D eigenvalue weighted by molar-refractivity contribution is -0.122. The van der Waals surface area contributed by atoms with Crippen molar-refractivity contribution in [2.75, 3.05) is 11.6 Å². The second kappa shape index (κ2) is 6.98. The molecule has 0 saturated heterocycles. The summed E-state index contributed by atoms with van der Waals surface area (Å²) in [4.78, 5) is 12.6. The van der Waals surface area contributed by atoms with Crippen LogP contribution in [-0.4, -0.2) is 26.1 Å². The van der Waals surface area contributed by atoms with E-state index in [-0.39, 0.29) is 29.1 Å². The lowest BCUT2D eigenvalue weighted by Crippen LogP contribution is -2.51. The smallest absolute Gasteiger partial charge is 0.229 e. The van der Waals surface area contributed by atoms with Crippen LogP contribution in [0.5, 0.6) is 0 Å². The third-order valence-electron chi connectivity index (χ3n) is 4.10. The summed E-state index contributed by atoms with van der Waals surface area (Å²) in [5.41, 5.74) is 6.21. The molecule has 1 amide bonds. The van der Waals surface area contributed by atoms with Gasteiger partial charge in [0.15, 0.2) is 9.84 Å². The summed E-state index contributed by atoms with van der Waals surface area (Å²) in [6.07, 6.45) is 4.78. The first-order chi connectivity index (χ1) is 9.70. The largest absolute Gasteiger partial charge is 0.326 e. The molecular formula is C15H23ClN2O3S. The van der Waals surface area contributed by atoms with Gasteiger partial charge in [0, 0.05) is 17.5 Å². The number of nitrogens with one attached hydrogen (secondary N) is 1. The molecule has 0 radical (unpaired) electrons. The Morgan fingerprint density at radius 3 is 2.64 bits per heavy atom. The SMILES string of the molecule is CC1(N)CCCCC1C(=O)Nc1cccc(S(C)(=O)=O)c1.Cl. The molecule has 2 rings (SSSR count). The molecule has 2 unspecified atom stereocenters. The van der Waals surface area contributed by atoms with E-state index in [0.717, 1.165) is 31.9 Å². The average molecular weight is 347 g/mol. The van der Waals surface area contributed by atoms with E-state index in [9.17, 15) is 13.2 Å². The first-order valence-electron chi connectivity index (χ1n) is 7.10. The first-order valence-corrected chi connectivity index (χ1v) is 8.99. The standard InChI is InChI=1S/C15H22N2O3S.ClH/c1-15(16)9-4-3-8-13(15)14(18)17-11-6-5-7-12(10-11)21(2,19)20;/h5-7,10,13H,3-4,8-9,16H2,1-2H3,(H,17,18);1H. The van der Waals surface area contributed by atoms with Gasteiger partial charge < -0.3 is 11.1 Å². The summed E-state index contributed by atoms with van der Waals surface area (Å²) < 4.78 is 23.1. The Balaban J connectivity index is 0.00000242. The van der Waals surface area contributed by atoms with Crippen molar-refractivity contribution in [3.05, 3.63) is 24.3 Å². The molecule has 5 nitrogen and oxygen atoms in total. The first kappa shape index (κ1) is 18.9. The molecule has 1 fully saturated rings. The third kappa shape index (κ3) is 4.44. The molecule has 0 aliphatic heterocycles. The van der Waals surface area contributed by atoms with Crippen molar-refractivity contribution in [1.82, 2.24) is 0 Å². The fourth-order valence-corrected chi connectivity index (χ4v) is 3.49. The molecule has 0 bridgehead atoms. The van der Waals surface area contributed by atoms with Gasteiger partial charge in [-0.2, -0.15) is 0 Å². The highest BCUT2D eigenvalue weighted by atomic mass is 35.5. The number of sulfone groups is 1. The van der Waals surface area contributed by atoms with Crippen molar-refractivity contribution in [1.29, 1.82) is 0 Å². The lowest BCUT2D eigenvalue weighted by atomic mass is 9.74. The number of halogens is 1. The molecule has 0 aromatic heterocycles. The molecule has 1 aliphatic carbocycles. The van der Waals surface area contributed by atoms with E-state index in [0.29, 0.717) is 5.69 Å². The van der Waals surface area contributed by atoms with Crippen LogP contribution in [0.3, 0.4) is 0 Å². The molecule has 1 aliphatic rings. The molecule has 124 valence electrons. The van der Waals surface area contributed by atoms with Crippen molar-refractivity contribution >= 4 is 33.8 Å². The number of nitrogens with two attached hydrogens (primary N) is 1. The zero-order valence-electron chi connectivity index (χ0n) is 12.8. The van der Waals surface area contributed by atoms with Crippen LogP contribution in [0.2, 0.25) is 0 Å². The molecule has 0 heterocycles. The number of anilines is 1. The summed E-state index contributed by atoms with van der Waals surface area (Å²) in [5, 5.41) is 2.80. The van der Waals surface area contributed by atoms with Crippen molar-refractivity contribution in [2.45, 2.75) is 43.0 Å². The van der Waals surface area contributed by atoms with E-state index < -0.39 is 15.4 Å². The van der Waals surface area contributed by atoms with Gasteiger partial charge in [-0.3, -0.25) is 4.79 Å². The van der Waals surface area contributed by atoms with E-state index in [4.69, 9.17) is 5.73 Å². The minimum Gasteiger partial charge on any atom is -0.326 e. The van der Waals surface area contributed by atoms with E-state index in [1.54, 1.807) is 12.1 Å². The minimum atomic E-state index is -3.28. The average Bonchev–Trinajstić information content (AvgIpc) is 2.37. The topological polar surface area (TPSA) is 89.3 Å². The highest BCUT2D eigenvalue weighted by Crippen LogP contribution is 2.32. The van der Waals surface area contributed by atoms with Crippen LogP contribution in [0, 0.1) is 5.92 Å². The maximum atomic E-state index is 12.4. The Hall–Kier alpha value is -1.11. The molecule has 22 heavy (non-hydrogen) atoms. The van der Waals surface area contributed by atoms with Gasteiger partial charge in [0.2, 0.25) is 5.91 Å². The summed E-state index contributed by atoms with van der Waals surface area (Å²) >= 11 is 0. The van der Waals surface area contributed by atoms with E-state index in [1.807, 2.05) is 6.92 Å². The normalized spacial score (nSPS) is 25.1. The molecule has 3 N–H and O–H groups in total. The van der Waals surface area contributed by atoms with E-state index >= 15 is 0 Å². The number of hydrogen-bond donors (Lipinski definition) is 2. The molecule has 1 saturated carbocycles. The van der Waals surface area contributed by atoms with Gasteiger partial charge >= 0.3 is 0 Å². The van der Waals surface area contributed by atoms with Crippen molar-refractivity contribution in [3.8, 4) is 0 Å². The molecular weight excluding hydrogens is 324 g/mol. The Bertz CT molecular complexity index is 644. The van der Waals surface area contributed by atoms with Crippen molar-refractivity contribution < 1.29 is 13.2 Å². The van der Waals surface area contributed by atoms with Gasteiger partial charge in [0.25, 0.3) is 0 Å². The summed E-state index contributed by atoms with van der Waals surface area (Å²) in [5.74, 6) is -0.376. The number of amides is 1.